The smallest absolute Gasteiger partial charge is 0.0240 e. The van der Waals surface area contributed by atoms with E-state index in [9.17, 15) is 0 Å². The molecular weight excluding hydrogens is 208 g/mol. The van der Waals surface area contributed by atoms with E-state index >= 15 is 0 Å². The summed E-state index contributed by atoms with van der Waals surface area (Å²) >= 11 is 0. The van der Waals surface area contributed by atoms with Gasteiger partial charge in [0.05, 0.1) is 0 Å². The molecule has 2 nitrogen and oxygen atoms in total. The van der Waals surface area contributed by atoms with Crippen molar-refractivity contribution in [1.29, 1.82) is 0 Å². The standard InChI is InChI=1S/C15H24N2/c1-3-13(2)17(15-9-10-16-11-15)12-14-7-5-4-6-8-14/h4-8,13,15-16H,3,9-12H2,1-2H3. The Labute approximate surface area is 105 Å². The summed E-state index contributed by atoms with van der Waals surface area (Å²) in [5.74, 6) is 0. The summed E-state index contributed by atoms with van der Waals surface area (Å²) in [7, 11) is 0. The minimum atomic E-state index is 0.667. The maximum absolute atomic E-state index is 3.48. The molecule has 0 saturated carbocycles. The number of hydrogen-bond donors (Lipinski definition) is 1. The second kappa shape index (κ2) is 6.18. The van der Waals surface area contributed by atoms with Crippen molar-refractivity contribution in [1.82, 2.24) is 10.2 Å². The Morgan fingerprint density at radius 1 is 1.35 bits per heavy atom. The Hall–Kier alpha value is -0.860. The monoisotopic (exact) mass is 232 g/mol. The van der Waals surface area contributed by atoms with Crippen molar-refractivity contribution in [2.24, 2.45) is 0 Å². The fraction of sp³-hybridized carbons (Fsp3) is 0.600. The third-order valence-corrected chi connectivity index (χ3v) is 3.87. The van der Waals surface area contributed by atoms with Crippen molar-refractivity contribution < 1.29 is 0 Å². The van der Waals surface area contributed by atoms with Crippen molar-refractivity contribution in [2.45, 2.75) is 45.3 Å². The Kier molecular flexibility index (Phi) is 4.57. The molecule has 2 heteroatoms. The van der Waals surface area contributed by atoms with E-state index in [1.165, 1.54) is 24.9 Å². The normalized spacial score (nSPS) is 21.9. The summed E-state index contributed by atoms with van der Waals surface area (Å²) < 4.78 is 0. The zero-order valence-corrected chi connectivity index (χ0v) is 11.0. The van der Waals surface area contributed by atoms with Crippen molar-refractivity contribution in [3.8, 4) is 0 Å². The van der Waals surface area contributed by atoms with Crippen LogP contribution in [0.1, 0.15) is 32.3 Å². The van der Waals surface area contributed by atoms with Gasteiger partial charge in [-0.2, -0.15) is 0 Å². The molecule has 2 unspecified atom stereocenters. The number of rotatable bonds is 5. The van der Waals surface area contributed by atoms with E-state index < -0.39 is 0 Å². The predicted octanol–water partition coefficient (Wildman–Crippen LogP) is 2.65. The molecule has 1 aliphatic rings. The van der Waals surface area contributed by atoms with Crippen LogP contribution in [-0.4, -0.2) is 30.1 Å². The Balaban J connectivity index is 2.05. The van der Waals surface area contributed by atoms with Crippen molar-refractivity contribution in [3.05, 3.63) is 35.9 Å². The van der Waals surface area contributed by atoms with E-state index in [1.54, 1.807) is 0 Å². The number of nitrogens with one attached hydrogen (secondary N) is 1. The molecule has 1 saturated heterocycles. The molecular formula is C15H24N2. The van der Waals surface area contributed by atoms with Crippen LogP contribution in [0.5, 0.6) is 0 Å². The highest BCUT2D eigenvalue weighted by atomic mass is 15.2. The molecule has 1 aromatic rings. The largest absolute Gasteiger partial charge is 0.315 e. The van der Waals surface area contributed by atoms with Gasteiger partial charge in [0, 0.05) is 25.2 Å². The topological polar surface area (TPSA) is 15.3 Å². The number of nitrogens with zero attached hydrogens (tertiary/aromatic N) is 1. The summed E-state index contributed by atoms with van der Waals surface area (Å²) in [6, 6.07) is 12.2. The average Bonchev–Trinajstić information content (AvgIpc) is 2.90. The minimum Gasteiger partial charge on any atom is -0.315 e. The lowest BCUT2D eigenvalue weighted by molar-refractivity contribution is 0.140. The summed E-state index contributed by atoms with van der Waals surface area (Å²) in [5.41, 5.74) is 1.43. The van der Waals surface area contributed by atoms with Crippen LogP contribution in [0.4, 0.5) is 0 Å². The van der Waals surface area contributed by atoms with Gasteiger partial charge < -0.3 is 5.32 Å². The van der Waals surface area contributed by atoms with Crippen LogP contribution in [0.15, 0.2) is 30.3 Å². The lowest BCUT2D eigenvalue weighted by Crippen LogP contribution is -2.42. The van der Waals surface area contributed by atoms with Crippen LogP contribution >= 0.6 is 0 Å². The van der Waals surface area contributed by atoms with Crippen LogP contribution in [0.3, 0.4) is 0 Å². The van der Waals surface area contributed by atoms with Gasteiger partial charge in [-0.3, -0.25) is 4.90 Å². The molecule has 1 heterocycles. The second-order valence-electron chi connectivity index (χ2n) is 5.06. The van der Waals surface area contributed by atoms with Gasteiger partial charge in [-0.25, -0.2) is 0 Å². The van der Waals surface area contributed by atoms with Gasteiger partial charge in [0.2, 0.25) is 0 Å². The molecule has 0 bridgehead atoms. The molecule has 1 fully saturated rings. The zero-order valence-electron chi connectivity index (χ0n) is 11.0. The molecule has 1 aliphatic heterocycles. The highest BCUT2D eigenvalue weighted by Gasteiger charge is 2.25. The highest BCUT2D eigenvalue weighted by molar-refractivity contribution is 5.14. The number of hydrogen-bond acceptors (Lipinski definition) is 2. The van der Waals surface area contributed by atoms with Gasteiger partial charge in [0.15, 0.2) is 0 Å². The van der Waals surface area contributed by atoms with Crippen LogP contribution < -0.4 is 5.32 Å². The third kappa shape index (κ3) is 3.30. The Bertz CT molecular complexity index is 317. The summed E-state index contributed by atoms with van der Waals surface area (Å²) in [4.78, 5) is 2.66. The number of benzene rings is 1. The Morgan fingerprint density at radius 2 is 2.12 bits per heavy atom. The van der Waals surface area contributed by atoms with Gasteiger partial charge in [-0.05, 0) is 31.9 Å². The quantitative estimate of drug-likeness (QED) is 0.839. The Morgan fingerprint density at radius 3 is 2.71 bits per heavy atom. The summed E-state index contributed by atoms with van der Waals surface area (Å²) in [5, 5.41) is 3.48. The summed E-state index contributed by atoms with van der Waals surface area (Å²) in [6.45, 7) is 8.04. The fourth-order valence-corrected chi connectivity index (χ4v) is 2.60. The molecule has 2 atom stereocenters. The third-order valence-electron chi connectivity index (χ3n) is 3.87. The average molecular weight is 232 g/mol. The van der Waals surface area contributed by atoms with Gasteiger partial charge in [-0.1, -0.05) is 37.3 Å². The lowest BCUT2D eigenvalue weighted by Gasteiger charge is -2.33. The van der Waals surface area contributed by atoms with Crippen LogP contribution in [0.2, 0.25) is 0 Å². The van der Waals surface area contributed by atoms with Crippen LogP contribution in [0.25, 0.3) is 0 Å². The SMILES string of the molecule is CCC(C)N(Cc1ccccc1)C1CCNC1. The first-order chi connectivity index (χ1) is 8.31. The molecule has 0 spiro atoms. The van der Waals surface area contributed by atoms with E-state index in [0.717, 1.165) is 13.1 Å². The second-order valence-corrected chi connectivity index (χ2v) is 5.06. The van der Waals surface area contributed by atoms with Gasteiger partial charge in [-0.15, -0.1) is 0 Å². The van der Waals surface area contributed by atoms with E-state index in [2.05, 4.69) is 54.4 Å². The molecule has 0 aliphatic carbocycles. The van der Waals surface area contributed by atoms with Gasteiger partial charge in [0.1, 0.15) is 0 Å². The van der Waals surface area contributed by atoms with Crippen LogP contribution in [0, 0.1) is 0 Å². The molecule has 1 aromatic carbocycles. The molecule has 94 valence electrons. The van der Waals surface area contributed by atoms with E-state index in [1.807, 2.05) is 0 Å². The van der Waals surface area contributed by atoms with Gasteiger partial charge >= 0.3 is 0 Å². The highest BCUT2D eigenvalue weighted by Crippen LogP contribution is 2.18. The van der Waals surface area contributed by atoms with Crippen molar-refractivity contribution in [3.63, 3.8) is 0 Å². The first-order valence-electron chi connectivity index (χ1n) is 6.81. The zero-order chi connectivity index (χ0) is 12.1. The molecule has 0 radical (unpaired) electrons. The first-order valence-corrected chi connectivity index (χ1v) is 6.81. The molecule has 2 rings (SSSR count). The summed E-state index contributed by atoms with van der Waals surface area (Å²) in [6.07, 6.45) is 2.51. The van der Waals surface area contributed by atoms with Crippen molar-refractivity contribution in [2.75, 3.05) is 13.1 Å². The molecule has 1 N–H and O–H groups in total. The molecule has 0 aromatic heterocycles. The fourth-order valence-electron chi connectivity index (χ4n) is 2.60. The maximum Gasteiger partial charge on any atom is 0.0240 e. The van der Waals surface area contributed by atoms with Gasteiger partial charge in [0.25, 0.3) is 0 Å². The first kappa shape index (κ1) is 12.6. The molecule has 17 heavy (non-hydrogen) atoms. The van der Waals surface area contributed by atoms with E-state index in [-0.39, 0.29) is 0 Å². The van der Waals surface area contributed by atoms with E-state index in [0.29, 0.717) is 12.1 Å². The van der Waals surface area contributed by atoms with Crippen LogP contribution in [-0.2, 0) is 6.54 Å². The van der Waals surface area contributed by atoms with Crippen molar-refractivity contribution >= 4 is 0 Å². The minimum absolute atomic E-state index is 0.667. The van der Waals surface area contributed by atoms with E-state index in [4.69, 9.17) is 0 Å². The lowest BCUT2D eigenvalue weighted by atomic mass is 10.1. The maximum atomic E-state index is 3.48. The predicted molar refractivity (Wildman–Crippen MR) is 73.0 cm³/mol. The molecule has 0 amide bonds.